The third-order valence-electron chi connectivity index (χ3n) is 14.0. The van der Waals surface area contributed by atoms with E-state index in [0.717, 1.165) is 97.8 Å². The summed E-state index contributed by atoms with van der Waals surface area (Å²) in [6.07, 6.45) is 3.10. The van der Waals surface area contributed by atoms with Crippen LogP contribution in [0.3, 0.4) is 0 Å². The second kappa shape index (κ2) is 30.8. The zero-order valence-corrected chi connectivity index (χ0v) is 57.3. The van der Waals surface area contributed by atoms with Crippen LogP contribution < -0.4 is 11.2 Å². The minimum Gasteiger partial charge on any atom is -0.444 e. The molecule has 3 aliphatic rings. The highest BCUT2D eigenvalue weighted by Gasteiger charge is 2.51. The van der Waals surface area contributed by atoms with Gasteiger partial charge in [-0.3, -0.25) is 14.6 Å². The van der Waals surface area contributed by atoms with Gasteiger partial charge in [0.1, 0.15) is 22.9 Å². The van der Waals surface area contributed by atoms with Crippen LogP contribution in [0.5, 0.6) is 0 Å². The van der Waals surface area contributed by atoms with E-state index in [4.69, 9.17) is 44.7 Å². The van der Waals surface area contributed by atoms with Crippen LogP contribution in [0.15, 0.2) is 81.7 Å². The molecule has 3 fully saturated rings. The Hall–Kier alpha value is -4.34. The van der Waals surface area contributed by atoms with Crippen molar-refractivity contribution in [2.75, 3.05) is 19.6 Å². The van der Waals surface area contributed by atoms with Gasteiger partial charge in [-0.15, -0.1) is 0 Å². The normalized spacial score (nSPS) is 17.6. The molecular weight excluding hydrogens is 1250 g/mol. The van der Waals surface area contributed by atoms with E-state index in [1.807, 2.05) is 142 Å². The molecule has 0 saturated carbocycles. The molecule has 2 aromatic heterocycles. The fraction of sp³-hybridized carbons (Fsp3) is 0.565. The second-order valence-electron chi connectivity index (χ2n) is 24.6. The maximum Gasteiger partial charge on any atom is 0.494 e. The van der Waals surface area contributed by atoms with Gasteiger partial charge < -0.3 is 44.7 Å². The highest BCUT2D eigenvalue weighted by Crippen LogP contribution is 2.38. The number of aliphatic hydroxyl groups is 2. The molecule has 21 heteroatoms. The topological polar surface area (TPSA) is 218 Å². The fourth-order valence-electron chi connectivity index (χ4n) is 8.25. The van der Waals surface area contributed by atoms with Gasteiger partial charge in [0.2, 0.25) is 0 Å². The first-order valence-corrected chi connectivity index (χ1v) is 30.8. The Morgan fingerprint density at radius 2 is 1.01 bits per heavy atom. The molecule has 3 atom stereocenters. The average Bonchev–Trinajstić information content (AvgIpc) is 4.38. The van der Waals surface area contributed by atoms with Crippen molar-refractivity contribution in [1.82, 2.24) is 29.7 Å². The van der Waals surface area contributed by atoms with Crippen LogP contribution in [-0.4, -0.2) is 131 Å². The summed E-state index contributed by atoms with van der Waals surface area (Å²) >= 11 is 10.00. The number of aryl methyl sites for hydroxylation is 2. The third-order valence-corrected chi connectivity index (χ3v) is 15.5. The molecule has 2 amide bonds. The monoisotopic (exact) mass is 1340 g/mol. The molecule has 0 spiro atoms. The van der Waals surface area contributed by atoms with Crippen molar-refractivity contribution >= 4 is 86.2 Å². The van der Waals surface area contributed by atoms with E-state index in [1.54, 1.807) is 37.5 Å². The number of likely N-dealkylation sites (tertiary alicyclic amines) is 2. The number of amides is 2. The predicted octanol–water partition coefficient (Wildman–Crippen LogP) is 14.1. The van der Waals surface area contributed by atoms with Gasteiger partial charge >= 0.3 is 19.3 Å². The number of ketones is 1. The Morgan fingerprint density at radius 1 is 0.687 bits per heavy atom. The van der Waals surface area contributed by atoms with Crippen LogP contribution in [0.25, 0.3) is 22.5 Å². The molecule has 3 aromatic carbocycles. The van der Waals surface area contributed by atoms with E-state index in [9.17, 15) is 14.4 Å². The number of nitrogens with two attached hydrogens (primary N) is 1. The maximum atomic E-state index is 12.7. The van der Waals surface area contributed by atoms with Crippen molar-refractivity contribution in [2.24, 2.45) is 5.73 Å². The van der Waals surface area contributed by atoms with Gasteiger partial charge in [0.25, 0.3) is 0 Å². The van der Waals surface area contributed by atoms with Crippen LogP contribution in [-0.2, 0) is 18.8 Å². The molecule has 5 aromatic rings. The van der Waals surface area contributed by atoms with Crippen LogP contribution >= 0.6 is 47.8 Å². The predicted molar refractivity (Wildman–Crippen MR) is 347 cm³/mol. The third kappa shape index (κ3) is 21.5. The smallest absolute Gasteiger partial charge is 0.444 e. The molecule has 0 bridgehead atoms. The van der Waals surface area contributed by atoms with Crippen molar-refractivity contribution in [3.63, 3.8) is 0 Å². The summed E-state index contributed by atoms with van der Waals surface area (Å²) < 4.78 is 25.5. The molecule has 0 aliphatic carbocycles. The first-order chi connectivity index (χ1) is 38.3. The molecule has 3 aliphatic heterocycles. The molecule has 6 N–H and O–H groups in total. The summed E-state index contributed by atoms with van der Waals surface area (Å²) in [5, 5.41) is 18.2. The van der Waals surface area contributed by atoms with Crippen molar-refractivity contribution in [3.05, 3.63) is 110 Å². The summed E-state index contributed by atoms with van der Waals surface area (Å²) in [6, 6.07) is 23.4. The highest BCUT2D eigenvalue weighted by atomic mass is 79.9. The lowest BCUT2D eigenvalue weighted by Gasteiger charge is -2.32. The number of H-pyrrole nitrogens is 2. The summed E-state index contributed by atoms with van der Waals surface area (Å²) in [4.78, 5) is 56.5. The van der Waals surface area contributed by atoms with Gasteiger partial charge in [0.15, 0.2) is 5.78 Å². The quantitative estimate of drug-likeness (QED) is 0.0557. The zero-order valence-electron chi connectivity index (χ0n) is 52.5. The summed E-state index contributed by atoms with van der Waals surface area (Å²) in [7, 11) is 4.11. The minimum absolute atomic E-state index is 0.0576. The number of alkyl halides is 1. The Kier molecular flexibility index (Phi) is 27.1. The number of nitrogens with zero attached hydrogens (tertiary/aromatic N) is 4. The van der Waals surface area contributed by atoms with Crippen LogP contribution in [0, 0.1) is 13.8 Å². The van der Waals surface area contributed by atoms with Crippen molar-refractivity contribution in [2.45, 2.75) is 208 Å². The number of carbonyl (C=O) groups is 3. The van der Waals surface area contributed by atoms with Crippen molar-refractivity contribution < 1.29 is 43.4 Å². The van der Waals surface area contributed by atoms with Crippen molar-refractivity contribution in [3.8, 4) is 22.5 Å². The Bertz CT molecular complexity index is 2810. The van der Waals surface area contributed by atoms with Gasteiger partial charge in [-0.1, -0.05) is 110 Å². The van der Waals surface area contributed by atoms with Crippen LogP contribution in [0.1, 0.15) is 182 Å². The maximum absolute atomic E-state index is 12.7. The molecule has 456 valence electrons. The van der Waals surface area contributed by atoms with E-state index in [1.165, 1.54) is 6.82 Å². The van der Waals surface area contributed by atoms with Gasteiger partial charge in [-0.05, 0) is 180 Å². The van der Waals surface area contributed by atoms with E-state index >= 15 is 0 Å². The lowest BCUT2D eigenvalue weighted by molar-refractivity contribution is -0.107. The van der Waals surface area contributed by atoms with Gasteiger partial charge in [0.05, 0.1) is 58.5 Å². The SMILES string of the molecule is CC(Br)C(=O)c1ccc(Br)cc1.CC(C)(O)C(C)(C)O.CCN.Cc1[nH]c([C@@H]2CCCN2C(=O)OC(C)(C)C)nc1-c1ccc(B2OC(C)(C)C(C)(C)O2)cc1.Cc1[nH]c([C@@H]2CCCN2C(=O)OC(C)(C)C)nc1-c1ccc(Br)cc1.[B]C. The summed E-state index contributed by atoms with van der Waals surface area (Å²) in [5.41, 5.74) is 8.68. The second-order valence-corrected chi connectivity index (χ2v) is 27.8. The zero-order chi connectivity index (χ0) is 63.2. The number of carbonyl (C=O) groups excluding carboxylic acids is 3. The van der Waals surface area contributed by atoms with Crippen LogP contribution in [0.4, 0.5) is 9.59 Å². The van der Waals surface area contributed by atoms with Gasteiger partial charge in [-0.2, -0.15) is 0 Å². The minimum atomic E-state index is -1.01. The van der Waals surface area contributed by atoms with Crippen molar-refractivity contribution in [1.29, 1.82) is 0 Å². The highest BCUT2D eigenvalue weighted by molar-refractivity contribution is 9.11. The lowest BCUT2D eigenvalue weighted by Crippen LogP contribution is -2.44. The molecule has 1 unspecified atom stereocenters. The molecule has 2 radical (unpaired) electrons. The number of ether oxygens (including phenoxy) is 2. The largest absolute Gasteiger partial charge is 0.494 e. The number of aromatic nitrogens is 4. The first kappa shape index (κ1) is 72.9. The fourth-order valence-corrected chi connectivity index (χ4v) is 9.05. The standard InChI is InChI=1S/C25H36BN3O4.C19H24BrN3O2.C9H8Br2O.C6H14O2.C2H7N.CH3B/c1-16-20(17-11-13-18(14-12-17)26-32-24(5,6)25(7,8)33-26)28-21(27-16)19-10-9-15-29(19)22(30)31-23(2,3)4;1-12-16(13-7-9-14(20)10-8-13)22-17(21-12)15-6-5-11-23(15)18(24)25-19(2,3)4;1-6(10)9(12)7-2-4-8(11)5-3-7;1-5(2,7)6(3,4)8;1-2-3;1-2/h11-14,19H,9-10,15H2,1-8H3,(H,27,28);7-10,15H,5-6,11H2,1-4H3,(H,21,22);2-6H,1H3;7-8H,1-4H3;2-3H2,1H3;1H3/t19-;15-;;;;/m00..../s1. The Morgan fingerprint density at radius 3 is 1.33 bits per heavy atom. The summed E-state index contributed by atoms with van der Waals surface area (Å²) in [6.45, 7) is 37.2. The number of hydrogen-bond donors (Lipinski definition) is 5. The number of nitrogens with one attached hydrogen (secondary N) is 2. The molecule has 16 nitrogen and oxygen atoms in total. The van der Waals surface area contributed by atoms with E-state index in [2.05, 4.69) is 93.3 Å². The first-order valence-electron chi connectivity index (χ1n) is 28.3. The van der Waals surface area contributed by atoms with Crippen LogP contribution in [0.2, 0.25) is 6.82 Å². The number of aromatic amines is 2. The molecule has 83 heavy (non-hydrogen) atoms. The van der Waals surface area contributed by atoms with E-state index in [-0.39, 0.29) is 53.2 Å². The average molecular weight is 1340 g/mol. The number of rotatable bonds is 8. The summed E-state index contributed by atoms with van der Waals surface area (Å²) in [5.74, 6) is 1.75. The Labute approximate surface area is 521 Å². The number of halogens is 3. The molecule has 8 rings (SSSR count). The number of Topliss-reactive ketones (excluding diaryl/α,β-unsaturated/α-hetero) is 1. The van der Waals surface area contributed by atoms with E-state index in [0.29, 0.717) is 13.1 Å². The van der Waals surface area contributed by atoms with Gasteiger partial charge in [-0.25, -0.2) is 19.6 Å². The van der Waals surface area contributed by atoms with Gasteiger partial charge in [0, 0.05) is 50.1 Å². The Balaban J connectivity index is 0.000000316. The molecule has 3 saturated heterocycles. The number of hydrogen-bond acceptors (Lipinski definition) is 12. The molecule has 5 heterocycles. The van der Waals surface area contributed by atoms with E-state index < -0.39 is 22.4 Å². The lowest BCUT2D eigenvalue weighted by atomic mass is 9.79. The number of benzene rings is 3. The molecular formula is C62H92B2Br3N7O9. The number of imidazole rings is 2.